The quantitative estimate of drug-likeness (QED) is 0.296. The number of rotatable bonds is 13. The van der Waals surface area contributed by atoms with Gasteiger partial charge in [-0.1, -0.05) is 45.4 Å². The van der Waals surface area contributed by atoms with E-state index in [1.807, 2.05) is 6.92 Å². The second-order valence-electron chi connectivity index (χ2n) is 4.76. The number of nitrogens with one attached hydrogen (secondary N) is 1. The standard InChI is InChI=1S/C14H32N2O/c1-3-5-6-7-8-9-11-14(16-15)12-10-13-17-4-2/h14,16H,3-13,15H2,1-2H3. The fraction of sp³-hybridized carbons (Fsp3) is 1.00. The molecular weight excluding hydrogens is 212 g/mol. The second kappa shape index (κ2) is 13.9. The van der Waals surface area contributed by atoms with E-state index < -0.39 is 0 Å². The van der Waals surface area contributed by atoms with Crippen LogP contribution < -0.4 is 11.3 Å². The summed E-state index contributed by atoms with van der Waals surface area (Å²) in [6.45, 7) is 5.98. The molecule has 0 aromatic rings. The Bertz CT molecular complexity index is 142. The highest BCUT2D eigenvalue weighted by atomic mass is 16.5. The van der Waals surface area contributed by atoms with E-state index in [4.69, 9.17) is 10.6 Å². The van der Waals surface area contributed by atoms with E-state index >= 15 is 0 Å². The van der Waals surface area contributed by atoms with Crippen molar-refractivity contribution < 1.29 is 4.74 Å². The summed E-state index contributed by atoms with van der Waals surface area (Å²) in [4.78, 5) is 0. The summed E-state index contributed by atoms with van der Waals surface area (Å²) in [5.41, 5.74) is 2.93. The van der Waals surface area contributed by atoms with Crippen LogP contribution in [0.5, 0.6) is 0 Å². The van der Waals surface area contributed by atoms with Crippen molar-refractivity contribution in [3.8, 4) is 0 Å². The zero-order chi connectivity index (χ0) is 12.8. The van der Waals surface area contributed by atoms with E-state index in [0.29, 0.717) is 6.04 Å². The molecule has 0 aromatic heterocycles. The van der Waals surface area contributed by atoms with Gasteiger partial charge in [0.2, 0.25) is 0 Å². The summed E-state index contributed by atoms with van der Waals surface area (Å²) < 4.78 is 5.33. The van der Waals surface area contributed by atoms with Crippen molar-refractivity contribution in [3.63, 3.8) is 0 Å². The highest BCUT2D eigenvalue weighted by molar-refractivity contribution is 4.63. The Labute approximate surface area is 107 Å². The van der Waals surface area contributed by atoms with Crippen molar-refractivity contribution in [3.05, 3.63) is 0 Å². The minimum absolute atomic E-state index is 0.474. The van der Waals surface area contributed by atoms with E-state index in [9.17, 15) is 0 Å². The molecule has 0 amide bonds. The summed E-state index contributed by atoms with van der Waals surface area (Å²) in [7, 11) is 0. The molecule has 0 fully saturated rings. The fourth-order valence-electron chi connectivity index (χ4n) is 2.06. The molecule has 0 radical (unpaired) electrons. The van der Waals surface area contributed by atoms with Crippen LogP contribution in [0.15, 0.2) is 0 Å². The van der Waals surface area contributed by atoms with Gasteiger partial charge in [-0.3, -0.25) is 11.3 Å². The summed E-state index contributed by atoms with van der Waals surface area (Å²) in [5.74, 6) is 5.56. The van der Waals surface area contributed by atoms with Crippen LogP contribution in [0.3, 0.4) is 0 Å². The molecule has 0 saturated carbocycles. The maximum Gasteiger partial charge on any atom is 0.0466 e. The molecule has 0 aliphatic rings. The maximum absolute atomic E-state index is 5.56. The molecule has 0 aliphatic heterocycles. The van der Waals surface area contributed by atoms with E-state index in [1.165, 1.54) is 44.9 Å². The Hall–Kier alpha value is -0.120. The number of ether oxygens (including phenoxy) is 1. The van der Waals surface area contributed by atoms with E-state index in [2.05, 4.69) is 12.3 Å². The van der Waals surface area contributed by atoms with Crippen molar-refractivity contribution in [2.45, 2.75) is 77.7 Å². The van der Waals surface area contributed by atoms with Gasteiger partial charge >= 0.3 is 0 Å². The smallest absolute Gasteiger partial charge is 0.0466 e. The third-order valence-electron chi connectivity index (χ3n) is 3.19. The van der Waals surface area contributed by atoms with Crippen molar-refractivity contribution >= 4 is 0 Å². The second-order valence-corrected chi connectivity index (χ2v) is 4.76. The molecule has 0 aliphatic carbocycles. The number of nitrogens with two attached hydrogens (primary N) is 1. The molecule has 0 aromatic carbocycles. The molecule has 3 N–H and O–H groups in total. The third kappa shape index (κ3) is 12.1. The molecule has 1 atom stereocenters. The number of hydrogen-bond acceptors (Lipinski definition) is 3. The van der Waals surface area contributed by atoms with Crippen LogP contribution in [-0.2, 0) is 4.74 Å². The van der Waals surface area contributed by atoms with Crippen LogP contribution in [-0.4, -0.2) is 19.3 Å². The van der Waals surface area contributed by atoms with Crippen LogP contribution >= 0.6 is 0 Å². The predicted molar refractivity (Wildman–Crippen MR) is 74.8 cm³/mol. The zero-order valence-electron chi connectivity index (χ0n) is 11.8. The van der Waals surface area contributed by atoms with Gasteiger partial charge in [0.25, 0.3) is 0 Å². The lowest BCUT2D eigenvalue weighted by Gasteiger charge is -2.15. The number of hydrazine groups is 1. The lowest BCUT2D eigenvalue weighted by Crippen LogP contribution is -2.35. The number of unbranched alkanes of at least 4 members (excludes halogenated alkanes) is 5. The van der Waals surface area contributed by atoms with Gasteiger partial charge in [-0.15, -0.1) is 0 Å². The van der Waals surface area contributed by atoms with Crippen LogP contribution in [0.2, 0.25) is 0 Å². The molecule has 104 valence electrons. The van der Waals surface area contributed by atoms with Crippen molar-refractivity contribution in [2.24, 2.45) is 5.84 Å². The molecular formula is C14H32N2O. The Balaban J connectivity index is 3.28. The van der Waals surface area contributed by atoms with Gasteiger partial charge in [0.1, 0.15) is 0 Å². The molecule has 0 spiro atoms. The molecule has 1 unspecified atom stereocenters. The van der Waals surface area contributed by atoms with Gasteiger partial charge in [0.15, 0.2) is 0 Å². The average molecular weight is 244 g/mol. The SMILES string of the molecule is CCCCCCCCC(CCCOCC)NN. The van der Waals surface area contributed by atoms with Crippen LogP contribution in [0.4, 0.5) is 0 Å². The van der Waals surface area contributed by atoms with Crippen molar-refractivity contribution in [2.75, 3.05) is 13.2 Å². The Kier molecular flexibility index (Phi) is 13.8. The van der Waals surface area contributed by atoms with Crippen molar-refractivity contribution in [1.29, 1.82) is 0 Å². The lowest BCUT2D eigenvalue weighted by atomic mass is 10.0. The summed E-state index contributed by atoms with van der Waals surface area (Å²) in [6, 6.07) is 0.474. The molecule has 0 bridgehead atoms. The predicted octanol–water partition coefficient (Wildman–Crippen LogP) is 3.39. The molecule has 0 saturated heterocycles. The van der Waals surface area contributed by atoms with Gasteiger partial charge in [0, 0.05) is 19.3 Å². The molecule has 3 heteroatoms. The molecule has 0 heterocycles. The van der Waals surface area contributed by atoms with Gasteiger partial charge in [0.05, 0.1) is 0 Å². The van der Waals surface area contributed by atoms with Crippen LogP contribution in [0, 0.1) is 0 Å². The molecule has 0 rings (SSSR count). The maximum atomic E-state index is 5.56. The largest absolute Gasteiger partial charge is 0.382 e. The zero-order valence-corrected chi connectivity index (χ0v) is 11.8. The van der Waals surface area contributed by atoms with Gasteiger partial charge in [-0.2, -0.15) is 0 Å². The Morgan fingerprint density at radius 2 is 1.59 bits per heavy atom. The monoisotopic (exact) mass is 244 g/mol. The minimum Gasteiger partial charge on any atom is -0.382 e. The molecule has 3 nitrogen and oxygen atoms in total. The normalized spacial score (nSPS) is 12.9. The third-order valence-corrected chi connectivity index (χ3v) is 3.19. The minimum atomic E-state index is 0.474. The summed E-state index contributed by atoms with van der Waals surface area (Å²) >= 11 is 0. The Morgan fingerprint density at radius 1 is 0.941 bits per heavy atom. The topological polar surface area (TPSA) is 47.3 Å². The first-order valence-corrected chi connectivity index (χ1v) is 7.39. The van der Waals surface area contributed by atoms with Gasteiger partial charge in [-0.25, -0.2) is 0 Å². The fourth-order valence-corrected chi connectivity index (χ4v) is 2.06. The average Bonchev–Trinajstić information content (AvgIpc) is 2.36. The highest BCUT2D eigenvalue weighted by Gasteiger charge is 2.05. The van der Waals surface area contributed by atoms with E-state index in [1.54, 1.807) is 0 Å². The Morgan fingerprint density at radius 3 is 2.24 bits per heavy atom. The van der Waals surface area contributed by atoms with Gasteiger partial charge in [-0.05, 0) is 26.2 Å². The van der Waals surface area contributed by atoms with E-state index in [-0.39, 0.29) is 0 Å². The van der Waals surface area contributed by atoms with Crippen LogP contribution in [0.1, 0.15) is 71.6 Å². The first-order valence-electron chi connectivity index (χ1n) is 7.39. The van der Waals surface area contributed by atoms with Gasteiger partial charge < -0.3 is 4.74 Å². The number of hydrogen-bond donors (Lipinski definition) is 2. The lowest BCUT2D eigenvalue weighted by molar-refractivity contribution is 0.140. The summed E-state index contributed by atoms with van der Waals surface area (Å²) in [6.07, 6.45) is 11.6. The highest BCUT2D eigenvalue weighted by Crippen LogP contribution is 2.10. The molecule has 17 heavy (non-hydrogen) atoms. The van der Waals surface area contributed by atoms with Crippen molar-refractivity contribution in [1.82, 2.24) is 5.43 Å². The van der Waals surface area contributed by atoms with E-state index in [0.717, 1.165) is 26.1 Å². The first kappa shape index (κ1) is 16.9. The summed E-state index contributed by atoms with van der Waals surface area (Å²) in [5, 5.41) is 0. The first-order chi connectivity index (χ1) is 8.35. The van der Waals surface area contributed by atoms with Crippen LogP contribution in [0.25, 0.3) is 0 Å².